The lowest BCUT2D eigenvalue weighted by Gasteiger charge is -2.15. The molecular weight excluding hydrogens is 184 g/mol. The van der Waals surface area contributed by atoms with Crippen molar-refractivity contribution in [1.29, 1.82) is 0 Å². The fourth-order valence-corrected chi connectivity index (χ4v) is 1.79. The summed E-state index contributed by atoms with van der Waals surface area (Å²) < 4.78 is 2.29. The van der Waals surface area contributed by atoms with Gasteiger partial charge in [-0.3, -0.25) is 0 Å². The van der Waals surface area contributed by atoms with Crippen molar-refractivity contribution in [3.8, 4) is 0 Å². The van der Waals surface area contributed by atoms with Gasteiger partial charge in [-0.1, -0.05) is 27.2 Å². The van der Waals surface area contributed by atoms with Crippen LogP contribution in [0.25, 0.3) is 0 Å². The largest absolute Gasteiger partial charge is 0.354 e. The van der Waals surface area contributed by atoms with Crippen LogP contribution in [0.4, 0.5) is 0 Å². The van der Waals surface area contributed by atoms with Crippen molar-refractivity contribution in [3.63, 3.8) is 0 Å². The maximum Gasteiger partial charge on any atom is 0.0309 e. The van der Waals surface area contributed by atoms with E-state index >= 15 is 0 Å². The molecule has 1 atom stereocenters. The highest BCUT2D eigenvalue weighted by Crippen LogP contribution is 2.13. The zero-order valence-corrected chi connectivity index (χ0v) is 10.5. The lowest BCUT2D eigenvalue weighted by atomic mass is 10.1. The third-order valence-corrected chi connectivity index (χ3v) is 2.63. The van der Waals surface area contributed by atoms with Crippen LogP contribution in [-0.2, 0) is 6.54 Å². The van der Waals surface area contributed by atoms with E-state index in [2.05, 4.69) is 56.0 Å². The average molecular weight is 208 g/mol. The molecule has 1 N–H and O–H groups in total. The Bertz CT molecular complexity index is 276. The van der Waals surface area contributed by atoms with Crippen molar-refractivity contribution in [1.82, 2.24) is 9.88 Å². The quantitative estimate of drug-likeness (QED) is 0.758. The van der Waals surface area contributed by atoms with Crippen LogP contribution in [0.15, 0.2) is 18.5 Å². The minimum Gasteiger partial charge on any atom is -0.354 e. The summed E-state index contributed by atoms with van der Waals surface area (Å²) in [6.07, 6.45) is 6.96. The van der Waals surface area contributed by atoms with Gasteiger partial charge in [0.15, 0.2) is 0 Å². The highest BCUT2D eigenvalue weighted by atomic mass is 15.0. The molecule has 2 heteroatoms. The second-order valence-electron chi connectivity index (χ2n) is 4.58. The molecular formula is C13H24N2. The molecule has 0 bridgehead atoms. The first-order valence-corrected chi connectivity index (χ1v) is 6.05. The van der Waals surface area contributed by atoms with E-state index in [0.717, 1.165) is 6.54 Å². The molecule has 0 aliphatic rings. The Labute approximate surface area is 93.7 Å². The molecule has 0 radical (unpaired) electrons. The first-order valence-electron chi connectivity index (χ1n) is 6.05. The van der Waals surface area contributed by atoms with Crippen LogP contribution >= 0.6 is 0 Å². The molecule has 1 heterocycles. The molecule has 0 spiro atoms. The summed E-state index contributed by atoms with van der Waals surface area (Å²) in [6.45, 7) is 9.97. The molecule has 2 nitrogen and oxygen atoms in total. The molecule has 0 aliphatic carbocycles. The Morgan fingerprint density at radius 3 is 2.67 bits per heavy atom. The van der Waals surface area contributed by atoms with Crippen molar-refractivity contribution in [2.75, 3.05) is 0 Å². The SMILES string of the molecule is CCCCn1ccc(C(C)NC(C)C)c1. The average Bonchev–Trinajstić information content (AvgIpc) is 2.62. The van der Waals surface area contributed by atoms with Crippen molar-refractivity contribution in [3.05, 3.63) is 24.0 Å². The molecule has 86 valence electrons. The maximum absolute atomic E-state index is 3.52. The van der Waals surface area contributed by atoms with Gasteiger partial charge in [0, 0.05) is 31.0 Å². The van der Waals surface area contributed by atoms with Gasteiger partial charge in [0.05, 0.1) is 0 Å². The van der Waals surface area contributed by atoms with E-state index in [-0.39, 0.29) is 0 Å². The lowest BCUT2D eigenvalue weighted by Crippen LogP contribution is -2.25. The van der Waals surface area contributed by atoms with Gasteiger partial charge in [-0.05, 0) is 25.0 Å². The van der Waals surface area contributed by atoms with E-state index in [9.17, 15) is 0 Å². The van der Waals surface area contributed by atoms with Crippen molar-refractivity contribution in [2.24, 2.45) is 0 Å². The Hall–Kier alpha value is -0.760. The fraction of sp³-hybridized carbons (Fsp3) is 0.692. The number of nitrogens with zero attached hydrogens (tertiary/aromatic N) is 1. The summed E-state index contributed by atoms with van der Waals surface area (Å²) in [5.74, 6) is 0. The van der Waals surface area contributed by atoms with Gasteiger partial charge in [0.2, 0.25) is 0 Å². The summed E-state index contributed by atoms with van der Waals surface area (Å²) >= 11 is 0. The fourth-order valence-electron chi connectivity index (χ4n) is 1.79. The number of hydrogen-bond donors (Lipinski definition) is 1. The highest BCUT2D eigenvalue weighted by molar-refractivity contribution is 5.14. The van der Waals surface area contributed by atoms with E-state index in [0.29, 0.717) is 12.1 Å². The van der Waals surface area contributed by atoms with Gasteiger partial charge in [-0.15, -0.1) is 0 Å². The van der Waals surface area contributed by atoms with E-state index in [4.69, 9.17) is 0 Å². The second kappa shape index (κ2) is 5.96. The predicted octanol–water partition coefficient (Wildman–Crippen LogP) is 3.35. The van der Waals surface area contributed by atoms with Crippen LogP contribution < -0.4 is 5.32 Å². The Balaban J connectivity index is 2.51. The van der Waals surface area contributed by atoms with Crippen molar-refractivity contribution < 1.29 is 0 Å². The second-order valence-corrected chi connectivity index (χ2v) is 4.58. The highest BCUT2D eigenvalue weighted by Gasteiger charge is 2.07. The van der Waals surface area contributed by atoms with Crippen LogP contribution in [0.1, 0.15) is 52.1 Å². The van der Waals surface area contributed by atoms with Gasteiger partial charge >= 0.3 is 0 Å². The maximum atomic E-state index is 3.52. The first kappa shape index (κ1) is 12.3. The van der Waals surface area contributed by atoms with Crippen LogP contribution in [0.3, 0.4) is 0 Å². The molecule has 1 aromatic heterocycles. The molecule has 1 aromatic rings. The Morgan fingerprint density at radius 2 is 2.07 bits per heavy atom. The topological polar surface area (TPSA) is 17.0 Å². The predicted molar refractivity (Wildman–Crippen MR) is 66.0 cm³/mol. The van der Waals surface area contributed by atoms with Crippen LogP contribution in [0, 0.1) is 0 Å². The molecule has 0 aromatic carbocycles. The van der Waals surface area contributed by atoms with E-state index in [1.54, 1.807) is 0 Å². The van der Waals surface area contributed by atoms with E-state index in [1.807, 2.05) is 0 Å². The van der Waals surface area contributed by atoms with Gasteiger partial charge in [0.25, 0.3) is 0 Å². The van der Waals surface area contributed by atoms with Crippen LogP contribution in [-0.4, -0.2) is 10.6 Å². The number of aromatic nitrogens is 1. The molecule has 0 aliphatic heterocycles. The summed E-state index contributed by atoms with van der Waals surface area (Å²) in [5, 5.41) is 3.52. The summed E-state index contributed by atoms with van der Waals surface area (Å²) in [6, 6.07) is 3.21. The standard InChI is InChI=1S/C13H24N2/c1-5-6-8-15-9-7-13(10-15)12(4)14-11(2)3/h7,9-12,14H,5-6,8H2,1-4H3. The Kier molecular flexibility index (Phi) is 4.89. The molecule has 0 saturated carbocycles. The van der Waals surface area contributed by atoms with Gasteiger partial charge in [-0.25, -0.2) is 0 Å². The smallest absolute Gasteiger partial charge is 0.0309 e. The first-order chi connectivity index (χ1) is 7.13. The van der Waals surface area contributed by atoms with Crippen LogP contribution in [0.2, 0.25) is 0 Å². The molecule has 1 rings (SSSR count). The summed E-state index contributed by atoms with van der Waals surface area (Å²) in [5.41, 5.74) is 1.39. The minimum atomic E-state index is 0.452. The number of hydrogen-bond acceptors (Lipinski definition) is 1. The summed E-state index contributed by atoms with van der Waals surface area (Å²) in [4.78, 5) is 0. The monoisotopic (exact) mass is 208 g/mol. The number of nitrogens with one attached hydrogen (secondary N) is 1. The zero-order chi connectivity index (χ0) is 11.3. The summed E-state index contributed by atoms with van der Waals surface area (Å²) in [7, 11) is 0. The van der Waals surface area contributed by atoms with Gasteiger partial charge < -0.3 is 9.88 Å². The van der Waals surface area contributed by atoms with Gasteiger partial charge in [0.1, 0.15) is 0 Å². The lowest BCUT2D eigenvalue weighted by molar-refractivity contribution is 0.505. The normalized spacial score (nSPS) is 13.4. The van der Waals surface area contributed by atoms with Crippen molar-refractivity contribution >= 4 is 0 Å². The molecule has 0 saturated heterocycles. The van der Waals surface area contributed by atoms with E-state index < -0.39 is 0 Å². The third kappa shape index (κ3) is 4.08. The minimum absolute atomic E-state index is 0.452. The van der Waals surface area contributed by atoms with Crippen molar-refractivity contribution in [2.45, 2.75) is 59.2 Å². The molecule has 15 heavy (non-hydrogen) atoms. The van der Waals surface area contributed by atoms with E-state index in [1.165, 1.54) is 18.4 Å². The molecule has 0 amide bonds. The molecule has 1 unspecified atom stereocenters. The van der Waals surface area contributed by atoms with Gasteiger partial charge in [-0.2, -0.15) is 0 Å². The third-order valence-electron chi connectivity index (χ3n) is 2.63. The molecule has 0 fully saturated rings. The zero-order valence-electron chi connectivity index (χ0n) is 10.5. The number of unbranched alkanes of at least 4 members (excludes halogenated alkanes) is 1. The number of aryl methyl sites for hydroxylation is 1. The Morgan fingerprint density at radius 1 is 1.33 bits per heavy atom. The van der Waals surface area contributed by atoms with Crippen LogP contribution in [0.5, 0.6) is 0 Å². The number of rotatable bonds is 6.